The van der Waals surface area contributed by atoms with Gasteiger partial charge in [-0.2, -0.15) is 5.10 Å². The van der Waals surface area contributed by atoms with Crippen LogP contribution in [0.5, 0.6) is 11.5 Å². The molecule has 0 atom stereocenters. The van der Waals surface area contributed by atoms with E-state index in [-0.39, 0.29) is 11.4 Å². The lowest BCUT2D eigenvalue weighted by molar-refractivity contribution is -0.385. The summed E-state index contributed by atoms with van der Waals surface area (Å²) in [6, 6.07) is 13.1. The van der Waals surface area contributed by atoms with Crippen molar-refractivity contribution in [2.24, 2.45) is 5.10 Å². The highest BCUT2D eigenvalue weighted by Crippen LogP contribution is 2.31. The SMILES string of the molecule is COc1ccc(-c2ccc(/C=N/NC(=O)COc3ccc(C)cc3[N+](=O)[O-])o2)cc1Cl. The van der Waals surface area contributed by atoms with Gasteiger partial charge in [0.15, 0.2) is 12.4 Å². The molecule has 1 amide bonds. The first-order chi connectivity index (χ1) is 14.9. The van der Waals surface area contributed by atoms with Gasteiger partial charge in [-0.25, -0.2) is 5.43 Å². The first-order valence-electron chi connectivity index (χ1n) is 9.01. The van der Waals surface area contributed by atoms with E-state index < -0.39 is 17.4 Å². The quantitative estimate of drug-likeness (QED) is 0.314. The molecule has 3 rings (SSSR count). The number of carbonyl (C=O) groups excluding carboxylic acids is 1. The van der Waals surface area contributed by atoms with E-state index in [0.29, 0.717) is 27.9 Å². The molecular weight excluding hydrogens is 426 g/mol. The predicted octanol–water partition coefficient (Wildman–Crippen LogP) is 4.35. The van der Waals surface area contributed by atoms with Crippen LogP contribution < -0.4 is 14.9 Å². The minimum atomic E-state index is -0.583. The largest absolute Gasteiger partial charge is 0.495 e. The van der Waals surface area contributed by atoms with E-state index in [1.54, 1.807) is 43.3 Å². The normalized spacial score (nSPS) is 10.8. The fraction of sp³-hybridized carbons (Fsp3) is 0.143. The average Bonchev–Trinajstić information content (AvgIpc) is 3.21. The molecule has 9 nitrogen and oxygen atoms in total. The number of nitrogens with one attached hydrogen (secondary N) is 1. The summed E-state index contributed by atoms with van der Waals surface area (Å²) in [4.78, 5) is 22.4. The fourth-order valence-electron chi connectivity index (χ4n) is 2.63. The Kier molecular flexibility index (Phi) is 6.88. The number of ether oxygens (including phenoxy) is 2. The number of amides is 1. The maximum atomic E-state index is 11.9. The van der Waals surface area contributed by atoms with Crippen molar-refractivity contribution in [3.8, 4) is 22.8 Å². The molecule has 0 unspecified atom stereocenters. The Morgan fingerprint density at radius 3 is 2.71 bits per heavy atom. The number of hydrogen-bond donors (Lipinski definition) is 1. The van der Waals surface area contributed by atoms with Crippen LogP contribution in [-0.2, 0) is 4.79 Å². The minimum Gasteiger partial charge on any atom is -0.495 e. The highest BCUT2D eigenvalue weighted by Gasteiger charge is 2.16. The molecule has 1 aromatic heterocycles. The van der Waals surface area contributed by atoms with Crippen molar-refractivity contribution in [3.63, 3.8) is 0 Å². The van der Waals surface area contributed by atoms with E-state index >= 15 is 0 Å². The van der Waals surface area contributed by atoms with Gasteiger partial charge in [-0.15, -0.1) is 0 Å². The molecule has 0 saturated heterocycles. The molecule has 0 fully saturated rings. The molecule has 0 spiro atoms. The van der Waals surface area contributed by atoms with Crippen molar-refractivity contribution < 1.29 is 23.6 Å². The summed E-state index contributed by atoms with van der Waals surface area (Å²) in [5.41, 5.74) is 3.53. The van der Waals surface area contributed by atoms with E-state index in [2.05, 4.69) is 10.5 Å². The molecule has 1 heterocycles. The molecular formula is C21H18ClN3O6. The number of aryl methyl sites for hydroxylation is 1. The van der Waals surface area contributed by atoms with Crippen LogP contribution in [0.4, 0.5) is 5.69 Å². The van der Waals surface area contributed by atoms with Crippen molar-refractivity contribution in [3.05, 3.63) is 75.0 Å². The predicted molar refractivity (Wildman–Crippen MR) is 115 cm³/mol. The van der Waals surface area contributed by atoms with Crippen molar-refractivity contribution in [1.82, 2.24) is 5.43 Å². The first-order valence-corrected chi connectivity index (χ1v) is 9.38. The maximum absolute atomic E-state index is 11.9. The Labute approximate surface area is 182 Å². The summed E-state index contributed by atoms with van der Waals surface area (Å²) >= 11 is 6.12. The van der Waals surface area contributed by atoms with E-state index in [4.69, 9.17) is 25.5 Å². The van der Waals surface area contributed by atoms with E-state index in [1.165, 1.54) is 25.5 Å². The van der Waals surface area contributed by atoms with Crippen LogP contribution in [0, 0.1) is 17.0 Å². The van der Waals surface area contributed by atoms with Crippen molar-refractivity contribution >= 4 is 29.4 Å². The molecule has 3 aromatic rings. The summed E-state index contributed by atoms with van der Waals surface area (Å²) in [6.07, 6.45) is 1.32. The summed E-state index contributed by atoms with van der Waals surface area (Å²) in [5, 5.41) is 15.3. The maximum Gasteiger partial charge on any atom is 0.311 e. The zero-order chi connectivity index (χ0) is 22.4. The van der Waals surface area contributed by atoms with Crippen LogP contribution in [0.15, 0.2) is 58.0 Å². The number of nitro groups is 1. The lowest BCUT2D eigenvalue weighted by Gasteiger charge is -2.06. The van der Waals surface area contributed by atoms with Crippen LogP contribution >= 0.6 is 11.6 Å². The van der Waals surface area contributed by atoms with Crippen LogP contribution in [-0.4, -0.2) is 30.8 Å². The molecule has 10 heteroatoms. The van der Waals surface area contributed by atoms with Gasteiger partial charge < -0.3 is 13.9 Å². The second kappa shape index (κ2) is 9.77. The standard InChI is InChI=1S/C21H18ClN3O6/c1-13-3-6-20(17(9-13)25(27)28)30-12-21(26)24-23-11-15-5-8-18(31-15)14-4-7-19(29-2)16(22)10-14/h3-11H,12H2,1-2H3,(H,24,26)/b23-11+. The molecule has 0 aliphatic heterocycles. The van der Waals surface area contributed by atoms with Gasteiger partial charge in [0, 0.05) is 11.6 Å². The molecule has 0 aliphatic carbocycles. The van der Waals surface area contributed by atoms with Gasteiger partial charge in [-0.3, -0.25) is 14.9 Å². The van der Waals surface area contributed by atoms with Crippen LogP contribution in [0.1, 0.15) is 11.3 Å². The third-order valence-electron chi connectivity index (χ3n) is 4.11. The first kappa shape index (κ1) is 21.8. The van der Waals surface area contributed by atoms with Crippen LogP contribution in [0.2, 0.25) is 5.02 Å². The topological polar surface area (TPSA) is 116 Å². The number of nitro benzene ring substituents is 1. The van der Waals surface area contributed by atoms with E-state index in [9.17, 15) is 14.9 Å². The summed E-state index contributed by atoms with van der Waals surface area (Å²) in [5.74, 6) is 0.938. The van der Waals surface area contributed by atoms with Gasteiger partial charge in [-0.1, -0.05) is 17.7 Å². The van der Waals surface area contributed by atoms with Crippen LogP contribution in [0.25, 0.3) is 11.3 Å². The van der Waals surface area contributed by atoms with Gasteiger partial charge in [0.25, 0.3) is 5.91 Å². The third kappa shape index (κ3) is 5.61. The second-order valence-corrected chi connectivity index (χ2v) is 6.77. The number of rotatable bonds is 8. The molecule has 0 radical (unpaired) electrons. The highest BCUT2D eigenvalue weighted by atomic mass is 35.5. The Bertz CT molecular complexity index is 1140. The van der Waals surface area contributed by atoms with Gasteiger partial charge in [0.1, 0.15) is 17.3 Å². The second-order valence-electron chi connectivity index (χ2n) is 6.36. The zero-order valence-electron chi connectivity index (χ0n) is 16.6. The Morgan fingerprint density at radius 1 is 1.23 bits per heavy atom. The Hall–Kier alpha value is -3.85. The van der Waals surface area contributed by atoms with Crippen molar-refractivity contribution in [2.75, 3.05) is 13.7 Å². The third-order valence-corrected chi connectivity index (χ3v) is 4.41. The molecule has 1 N–H and O–H groups in total. The van der Waals surface area contributed by atoms with Gasteiger partial charge in [0.05, 0.1) is 23.3 Å². The summed E-state index contributed by atoms with van der Waals surface area (Å²) < 4.78 is 16.0. The molecule has 0 aliphatic rings. The molecule has 0 bridgehead atoms. The Morgan fingerprint density at radius 2 is 2.00 bits per heavy atom. The minimum absolute atomic E-state index is 0.00329. The van der Waals surface area contributed by atoms with E-state index in [0.717, 1.165) is 5.56 Å². The average molecular weight is 444 g/mol. The molecule has 160 valence electrons. The molecule has 0 saturated carbocycles. The number of methoxy groups -OCH3 is 1. The van der Waals surface area contributed by atoms with Gasteiger partial charge in [0.2, 0.25) is 0 Å². The number of nitrogens with zero attached hydrogens (tertiary/aromatic N) is 2. The zero-order valence-corrected chi connectivity index (χ0v) is 17.4. The van der Waals surface area contributed by atoms with Gasteiger partial charge in [-0.05, 0) is 48.9 Å². The monoisotopic (exact) mass is 443 g/mol. The fourth-order valence-corrected chi connectivity index (χ4v) is 2.89. The van der Waals surface area contributed by atoms with Crippen LogP contribution in [0.3, 0.4) is 0 Å². The highest BCUT2D eigenvalue weighted by molar-refractivity contribution is 6.32. The van der Waals surface area contributed by atoms with Crippen molar-refractivity contribution in [1.29, 1.82) is 0 Å². The number of hydrazone groups is 1. The molecule has 2 aromatic carbocycles. The number of hydrogen-bond acceptors (Lipinski definition) is 7. The number of furan rings is 1. The molecule has 31 heavy (non-hydrogen) atoms. The van der Waals surface area contributed by atoms with Crippen molar-refractivity contribution in [2.45, 2.75) is 6.92 Å². The van der Waals surface area contributed by atoms with E-state index in [1.807, 2.05) is 0 Å². The van der Waals surface area contributed by atoms with Gasteiger partial charge >= 0.3 is 5.69 Å². The smallest absolute Gasteiger partial charge is 0.311 e. The lowest BCUT2D eigenvalue weighted by atomic mass is 10.2. The Balaban J connectivity index is 1.56. The number of benzene rings is 2. The lowest BCUT2D eigenvalue weighted by Crippen LogP contribution is -2.24. The number of halogens is 1. The summed E-state index contributed by atoms with van der Waals surface area (Å²) in [7, 11) is 1.53. The summed E-state index contributed by atoms with van der Waals surface area (Å²) in [6.45, 7) is 1.29. The number of carbonyl (C=O) groups is 1.